The molecule has 0 atom stereocenters. The van der Waals surface area contributed by atoms with Crippen LogP contribution in [0.3, 0.4) is 0 Å². The Morgan fingerprint density at radius 3 is 2.48 bits per heavy atom. The number of nitro benzene ring substituents is 1. The number of hydrogen-bond acceptors (Lipinski definition) is 5. The molecular weight excluding hydrogens is 300 g/mol. The molecule has 1 aromatic carbocycles. The van der Waals surface area contributed by atoms with E-state index < -0.39 is 10.8 Å². The fraction of sp³-hybridized carbons (Fsp3) is 0.133. The zero-order valence-corrected chi connectivity index (χ0v) is 12.1. The van der Waals surface area contributed by atoms with E-state index in [4.69, 9.17) is 0 Å². The number of hydrazine groups is 1. The molecule has 0 bridgehead atoms. The van der Waals surface area contributed by atoms with Gasteiger partial charge in [-0.1, -0.05) is 6.07 Å². The van der Waals surface area contributed by atoms with Gasteiger partial charge < -0.3 is 0 Å². The Morgan fingerprint density at radius 2 is 1.87 bits per heavy atom. The molecule has 1 heterocycles. The number of pyridine rings is 1. The second kappa shape index (κ2) is 7.64. The van der Waals surface area contributed by atoms with Crippen LogP contribution in [0.15, 0.2) is 48.8 Å². The Labute approximate surface area is 131 Å². The quantitative estimate of drug-likeness (QED) is 0.639. The normalized spacial score (nSPS) is 9.91. The predicted molar refractivity (Wildman–Crippen MR) is 81.3 cm³/mol. The highest BCUT2D eigenvalue weighted by Gasteiger charge is 2.10. The van der Waals surface area contributed by atoms with E-state index in [-0.39, 0.29) is 23.6 Å². The first-order valence-electron chi connectivity index (χ1n) is 6.79. The number of aryl methyl sites for hydroxylation is 1. The van der Waals surface area contributed by atoms with Crippen LogP contribution in [0.4, 0.5) is 5.69 Å². The van der Waals surface area contributed by atoms with Gasteiger partial charge in [-0.15, -0.1) is 0 Å². The number of non-ortho nitro benzene ring substituents is 1. The Bertz CT molecular complexity index is 701. The van der Waals surface area contributed by atoms with E-state index in [0.29, 0.717) is 6.42 Å². The van der Waals surface area contributed by atoms with Gasteiger partial charge in [-0.3, -0.25) is 35.5 Å². The summed E-state index contributed by atoms with van der Waals surface area (Å²) in [4.78, 5) is 37.4. The van der Waals surface area contributed by atoms with Crippen LogP contribution in [0, 0.1) is 10.1 Å². The fourth-order valence-electron chi connectivity index (χ4n) is 1.80. The minimum Gasteiger partial charge on any atom is -0.273 e. The molecule has 2 aromatic rings. The molecule has 0 spiro atoms. The molecule has 0 fully saturated rings. The van der Waals surface area contributed by atoms with E-state index in [1.807, 2.05) is 6.07 Å². The lowest BCUT2D eigenvalue weighted by atomic mass is 10.1. The van der Waals surface area contributed by atoms with Crippen molar-refractivity contribution >= 4 is 17.5 Å². The van der Waals surface area contributed by atoms with Gasteiger partial charge in [-0.2, -0.15) is 0 Å². The molecular formula is C15H14N4O4. The van der Waals surface area contributed by atoms with Crippen molar-refractivity contribution in [2.75, 3.05) is 0 Å². The van der Waals surface area contributed by atoms with Crippen molar-refractivity contribution in [3.63, 3.8) is 0 Å². The summed E-state index contributed by atoms with van der Waals surface area (Å²) < 4.78 is 0. The van der Waals surface area contributed by atoms with Crippen LogP contribution in [0.1, 0.15) is 22.3 Å². The van der Waals surface area contributed by atoms with Gasteiger partial charge in [-0.05, 0) is 30.2 Å². The first kappa shape index (κ1) is 16.1. The Kier molecular flexibility index (Phi) is 5.35. The Morgan fingerprint density at radius 1 is 1.13 bits per heavy atom. The second-order valence-electron chi connectivity index (χ2n) is 4.67. The largest absolute Gasteiger partial charge is 0.273 e. The van der Waals surface area contributed by atoms with Crippen LogP contribution < -0.4 is 10.9 Å². The van der Waals surface area contributed by atoms with Gasteiger partial charge in [0.15, 0.2) is 0 Å². The fourth-order valence-corrected chi connectivity index (χ4v) is 1.80. The highest BCUT2D eigenvalue weighted by molar-refractivity contribution is 5.95. The first-order valence-corrected chi connectivity index (χ1v) is 6.79. The average molecular weight is 314 g/mol. The number of carbonyl (C=O) groups excluding carboxylic acids is 2. The topological polar surface area (TPSA) is 114 Å². The molecule has 0 unspecified atom stereocenters. The SMILES string of the molecule is O=C(CCc1cccnc1)NNC(=O)c1ccc([N+](=O)[O-])cc1. The maximum Gasteiger partial charge on any atom is 0.269 e. The van der Waals surface area contributed by atoms with E-state index >= 15 is 0 Å². The number of nitro groups is 1. The minimum absolute atomic E-state index is 0.109. The molecule has 0 aliphatic heterocycles. The molecule has 2 amide bonds. The number of hydrogen-bond donors (Lipinski definition) is 2. The lowest BCUT2D eigenvalue weighted by molar-refractivity contribution is -0.384. The van der Waals surface area contributed by atoms with Crippen molar-refractivity contribution in [3.05, 3.63) is 70.0 Å². The van der Waals surface area contributed by atoms with Gasteiger partial charge in [0, 0.05) is 36.5 Å². The monoisotopic (exact) mass is 314 g/mol. The van der Waals surface area contributed by atoms with E-state index in [2.05, 4.69) is 15.8 Å². The third kappa shape index (κ3) is 4.88. The zero-order chi connectivity index (χ0) is 16.7. The maximum absolute atomic E-state index is 11.8. The number of rotatable bonds is 5. The average Bonchev–Trinajstić information content (AvgIpc) is 2.58. The van der Waals surface area contributed by atoms with Gasteiger partial charge in [0.2, 0.25) is 5.91 Å². The lowest BCUT2D eigenvalue weighted by Gasteiger charge is -2.07. The van der Waals surface area contributed by atoms with E-state index in [1.54, 1.807) is 18.5 Å². The van der Waals surface area contributed by atoms with Gasteiger partial charge in [0.1, 0.15) is 0 Å². The zero-order valence-electron chi connectivity index (χ0n) is 12.1. The summed E-state index contributed by atoms with van der Waals surface area (Å²) in [6, 6.07) is 8.71. The third-order valence-electron chi connectivity index (χ3n) is 3.02. The highest BCUT2D eigenvalue weighted by Crippen LogP contribution is 2.11. The number of nitrogens with zero attached hydrogens (tertiary/aromatic N) is 2. The molecule has 0 aliphatic carbocycles. The summed E-state index contributed by atoms with van der Waals surface area (Å²) in [5.74, 6) is -0.890. The van der Waals surface area contributed by atoms with Gasteiger partial charge >= 0.3 is 0 Å². The molecule has 8 heteroatoms. The summed E-state index contributed by atoms with van der Waals surface area (Å²) in [6.07, 6.45) is 4.02. The number of amides is 2. The van der Waals surface area contributed by atoms with Crippen molar-refractivity contribution < 1.29 is 14.5 Å². The first-order chi connectivity index (χ1) is 11.1. The predicted octanol–water partition coefficient (Wildman–Crippen LogP) is 1.38. The Balaban J connectivity index is 1.79. The molecule has 0 saturated carbocycles. The highest BCUT2D eigenvalue weighted by atomic mass is 16.6. The molecule has 1 aromatic heterocycles. The lowest BCUT2D eigenvalue weighted by Crippen LogP contribution is -2.41. The molecule has 2 N–H and O–H groups in total. The van der Waals surface area contributed by atoms with Crippen LogP contribution in [-0.2, 0) is 11.2 Å². The summed E-state index contributed by atoms with van der Waals surface area (Å²) >= 11 is 0. The van der Waals surface area contributed by atoms with Gasteiger partial charge in [-0.25, -0.2) is 0 Å². The molecule has 23 heavy (non-hydrogen) atoms. The van der Waals surface area contributed by atoms with Gasteiger partial charge in [0.05, 0.1) is 4.92 Å². The van der Waals surface area contributed by atoms with Crippen LogP contribution >= 0.6 is 0 Å². The minimum atomic E-state index is -0.554. The molecule has 0 saturated heterocycles. The second-order valence-corrected chi connectivity index (χ2v) is 4.67. The number of carbonyl (C=O) groups is 2. The van der Waals surface area contributed by atoms with E-state index in [1.165, 1.54) is 24.3 Å². The number of benzene rings is 1. The van der Waals surface area contributed by atoms with Crippen LogP contribution in [0.2, 0.25) is 0 Å². The molecule has 118 valence electrons. The molecule has 0 aliphatic rings. The van der Waals surface area contributed by atoms with Crippen LogP contribution in [0.5, 0.6) is 0 Å². The maximum atomic E-state index is 11.8. The van der Waals surface area contributed by atoms with Crippen LogP contribution in [-0.4, -0.2) is 21.7 Å². The summed E-state index contributed by atoms with van der Waals surface area (Å²) in [5.41, 5.74) is 5.58. The third-order valence-corrected chi connectivity index (χ3v) is 3.02. The van der Waals surface area contributed by atoms with E-state index in [9.17, 15) is 19.7 Å². The van der Waals surface area contributed by atoms with Gasteiger partial charge in [0.25, 0.3) is 11.6 Å². The molecule has 8 nitrogen and oxygen atoms in total. The molecule has 0 radical (unpaired) electrons. The number of nitrogens with one attached hydrogen (secondary N) is 2. The smallest absolute Gasteiger partial charge is 0.269 e. The van der Waals surface area contributed by atoms with Crippen molar-refractivity contribution in [2.45, 2.75) is 12.8 Å². The standard InChI is InChI=1S/C15H14N4O4/c20-14(8-3-11-2-1-9-16-10-11)17-18-15(21)12-4-6-13(7-5-12)19(22)23/h1-2,4-7,9-10H,3,8H2,(H,17,20)(H,18,21). The van der Waals surface area contributed by atoms with Crippen molar-refractivity contribution in [1.29, 1.82) is 0 Å². The van der Waals surface area contributed by atoms with Crippen molar-refractivity contribution in [2.24, 2.45) is 0 Å². The summed E-state index contributed by atoms with van der Waals surface area (Å²) in [7, 11) is 0. The summed E-state index contributed by atoms with van der Waals surface area (Å²) in [5, 5.41) is 10.5. The summed E-state index contributed by atoms with van der Waals surface area (Å²) in [6.45, 7) is 0. The Hall–Kier alpha value is -3.29. The van der Waals surface area contributed by atoms with Crippen LogP contribution in [0.25, 0.3) is 0 Å². The van der Waals surface area contributed by atoms with Crippen molar-refractivity contribution in [3.8, 4) is 0 Å². The van der Waals surface area contributed by atoms with E-state index in [0.717, 1.165) is 5.56 Å². The molecule has 2 rings (SSSR count). The van der Waals surface area contributed by atoms with Crippen molar-refractivity contribution in [1.82, 2.24) is 15.8 Å². The number of aromatic nitrogens is 1.